The first-order valence-electron chi connectivity index (χ1n) is 6.68. The molecule has 0 aliphatic heterocycles. The van der Waals surface area contributed by atoms with E-state index in [2.05, 4.69) is 17.3 Å². The Morgan fingerprint density at radius 3 is 2.57 bits per heavy atom. The second-order valence-electron chi connectivity index (χ2n) is 4.73. The number of anilines is 1. The molecule has 0 aliphatic rings. The maximum Gasteiger partial charge on any atom is 0.328 e. The van der Waals surface area contributed by atoms with Gasteiger partial charge in [-0.25, -0.2) is 4.79 Å². The van der Waals surface area contributed by atoms with Gasteiger partial charge in [0.2, 0.25) is 0 Å². The van der Waals surface area contributed by atoms with Crippen molar-refractivity contribution in [3.63, 3.8) is 0 Å². The molecule has 0 radical (unpaired) electrons. The van der Waals surface area contributed by atoms with Gasteiger partial charge in [-0.1, -0.05) is 19.1 Å². The molecule has 0 spiro atoms. The molecule has 2 aromatic rings. The van der Waals surface area contributed by atoms with Gasteiger partial charge in [-0.15, -0.1) is 0 Å². The predicted molar refractivity (Wildman–Crippen MR) is 78.3 cm³/mol. The molecule has 0 saturated carbocycles. The number of nitrogens with zero attached hydrogens (tertiary/aromatic N) is 2. The van der Waals surface area contributed by atoms with Crippen LogP contribution in [0.15, 0.2) is 36.7 Å². The Hall–Kier alpha value is -2.63. The molecule has 21 heavy (non-hydrogen) atoms. The molecule has 0 bridgehead atoms. The maximum atomic E-state index is 12.1. The number of carboxylic acids is 1. The van der Waals surface area contributed by atoms with E-state index in [4.69, 9.17) is 5.11 Å². The van der Waals surface area contributed by atoms with E-state index in [9.17, 15) is 9.59 Å². The summed E-state index contributed by atoms with van der Waals surface area (Å²) in [6.07, 6.45) is 3.72. The zero-order chi connectivity index (χ0) is 15.4. The molecule has 110 valence electrons. The van der Waals surface area contributed by atoms with Gasteiger partial charge in [-0.3, -0.25) is 9.48 Å². The number of hydrogen-bond acceptors (Lipinski definition) is 3. The minimum absolute atomic E-state index is 0.317. The number of amides is 1. The van der Waals surface area contributed by atoms with Crippen LogP contribution in [0.3, 0.4) is 0 Å². The Kier molecular flexibility index (Phi) is 4.37. The first-order valence-corrected chi connectivity index (χ1v) is 6.68. The minimum atomic E-state index is -1.000. The Morgan fingerprint density at radius 2 is 2.00 bits per heavy atom. The monoisotopic (exact) mass is 287 g/mol. The van der Waals surface area contributed by atoms with Crippen LogP contribution in [-0.2, 0) is 11.2 Å². The third-order valence-electron chi connectivity index (χ3n) is 3.24. The standard InChI is InChI=1S/C15H17N3O3/c1-3-11-4-6-13(7-5-11)17-14(19)12-8-16-18(9-12)10(2)15(20)21/h4-10H,3H2,1-2H3,(H,17,19)(H,20,21). The van der Waals surface area contributed by atoms with Crippen LogP contribution >= 0.6 is 0 Å². The summed E-state index contributed by atoms with van der Waals surface area (Å²) < 4.78 is 1.25. The van der Waals surface area contributed by atoms with Gasteiger partial charge in [-0.05, 0) is 31.0 Å². The van der Waals surface area contributed by atoms with Crippen molar-refractivity contribution in [2.45, 2.75) is 26.3 Å². The summed E-state index contributed by atoms with van der Waals surface area (Å²) in [6, 6.07) is 6.76. The second-order valence-corrected chi connectivity index (χ2v) is 4.73. The lowest BCUT2D eigenvalue weighted by Crippen LogP contribution is -2.16. The molecule has 2 N–H and O–H groups in total. The molecule has 0 aliphatic carbocycles. The summed E-state index contributed by atoms with van der Waals surface area (Å²) in [6.45, 7) is 3.56. The number of aryl methyl sites for hydroxylation is 1. The van der Waals surface area contributed by atoms with E-state index < -0.39 is 12.0 Å². The SMILES string of the molecule is CCc1ccc(NC(=O)c2cnn(C(C)C(=O)O)c2)cc1. The Morgan fingerprint density at radius 1 is 1.33 bits per heavy atom. The van der Waals surface area contributed by atoms with Gasteiger partial charge in [0.1, 0.15) is 6.04 Å². The third kappa shape index (κ3) is 3.47. The van der Waals surface area contributed by atoms with Gasteiger partial charge in [0.15, 0.2) is 0 Å². The van der Waals surface area contributed by atoms with Crippen LogP contribution in [0.2, 0.25) is 0 Å². The van der Waals surface area contributed by atoms with Gasteiger partial charge in [0, 0.05) is 11.9 Å². The van der Waals surface area contributed by atoms with Crippen LogP contribution in [0, 0.1) is 0 Å². The zero-order valence-electron chi connectivity index (χ0n) is 11.9. The Balaban J connectivity index is 2.07. The number of nitrogens with one attached hydrogen (secondary N) is 1. The van der Waals surface area contributed by atoms with Crippen molar-refractivity contribution in [1.29, 1.82) is 0 Å². The summed E-state index contributed by atoms with van der Waals surface area (Å²) in [5, 5.41) is 15.6. The average Bonchev–Trinajstić information content (AvgIpc) is 2.97. The fraction of sp³-hybridized carbons (Fsp3) is 0.267. The van der Waals surface area contributed by atoms with Crippen LogP contribution in [0.1, 0.15) is 35.8 Å². The van der Waals surface area contributed by atoms with Crippen molar-refractivity contribution >= 4 is 17.6 Å². The van der Waals surface area contributed by atoms with Gasteiger partial charge >= 0.3 is 5.97 Å². The van der Waals surface area contributed by atoms with Gasteiger partial charge < -0.3 is 10.4 Å². The van der Waals surface area contributed by atoms with Gasteiger partial charge in [0.25, 0.3) is 5.91 Å². The molecular formula is C15H17N3O3. The highest BCUT2D eigenvalue weighted by molar-refractivity contribution is 6.03. The minimum Gasteiger partial charge on any atom is -0.480 e. The van der Waals surface area contributed by atoms with Crippen molar-refractivity contribution in [3.05, 3.63) is 47.8 Å². The average molecular weight is 287 g/mol. The molecule has 0 saturated heterocycles. The third-order valence-corrected chi connectivity index (χ3v) is 3.24. The van der Waals surface area contributed by atoms with Crippen molar-refractivity contribution in [3.8, 4) is 0 Å². The molecular weight excluding hydrogens is 270 g/mol. The largest absolute Gasteiger partial charge is 0.480 e. The summed E-state index contributed by atoms with van der Waals surface area (Å²) in [5.74, 6) is -1.32. The number of carboxylic acid groups (broad SMARTS) is 1. The number of aliphatic carboxylic acids is 1. The van der Waals surface area contributed by atoms with Crippen molar-refractivity contribution in [2.75, 3.05) is 5.32 Å². The van der Waals surface area contributed by atoms with E-state index >= 15 is 0 Å². The molecule has 2 rings (SSSR count). The van der Waals surface area contributed by atoms with E-state index in [1.807, 2.05) is 24.3 Å². The van der Waals surface area contributed by atoms with Crippen LogP contribution in [0.5, 0.6) is 0 Å². The molecule has 1 atom stereocenters. The number of rotatable bonds is 5. The molecule has 1 heterocycles. The number of benzene rings is 1. The Labute approximate surface area is 122 Å². The lowest BCUT2D eigenvalue weighted by atomic mass is 10.1. The lowest BCUT2D eigenvalue weighted by Gasteiger charge is -2.06. The summed E-state index contributed by atoms with van der Waals surface area (Å²) in [7, 11) is 0. The molecule has 6 heteroatoms. The molecule has 1 aromatic heterocycles. The van der Waals surface area contributed by atoms with E-state index in [0.717, 1.165) is 6.42 Å². The van der Waals surface area contributed by atoms with Crippen molar-refractivity contribution in [1.82, 2.24) is 9.78 Å². The second kappa shape index (κ2) is 6.21. The first-order chi connectivity index (χ1) is 10.0. The quantitative estimate of drug-likeness (QED) is 0.884. The zero-order valence-corrected chi connectivity index (χ0v) is 11.9. The molecule has 1 amide bonds. The van der Waals surface area contributed by atoms with Crippen molar-refractivity contribution < 1.29 is 14.7 Å². The number of aromatic nitrogens is 2. The van der Waals surface area contributed by atoms with Crippen LogP contribution in [-0.4, -0.2) is 26.8 Å². The van der Waals surface area contributed by atoms with E-state index in [1.165, 1.54) is 29.6 Å². The van der Waals surface area contributed by atoms with E-state index in [1.54, 1.807) is 0 Å². The summed E-state index contributed by atoms with van der Waals surface area (Å²) in [5.41, 5.74) is 2.20. The number of carbonyl (C=O) groups is 2. The fourth-order valence-electron chi connectivity index (χ4n) is 1.81. The van der Waals surface area contributed by atoms with E-state index in [0.29, 0.717) is 11.3 Å². The van der Waals surface area contributed by atoms with Crippen LogP contribution < -0.4 is 5.32 Å². The summed E-state index contributed by atoms with van der Waals surface area (Å²) in [4.78, 5) is 22.9. The van der Waals surface area contributed by atoms with Gasteiger partial charge in [0.05, 0.1) is 11.8 Å². The normalized spacial score (nSPS) is 11.9. The first kappa shape index (κ1) is 14.8. The molecule has 1 unspecified atom stereocenters. The highest BCUT2D eigenvalue weighted by Crippen LogP contribution is 2.12. The number of hydrogen-bond donors (Lipinski definition) is 2. The van der Waals surface area contributed by atoms with Crippen LogP contribution in [0.25, 0.3) is 0 Å². The molecule has 6 nitrogen and oxygen atoms in total. The topological polar surface area (TPSA) is 84.2 Å². The smallest absolute Gasteiger partial charge is 0.328 e. The van der Waals surface area contributed by atoms with Crippen molar-refractivity contribution in [2.24, 2.45) is 0 Å². The van der Waals surface area contributed by atoms with Gasteiger partial charge in [-0.2, -0.15) is 5.10 Å². The highest BCUT2D eigenvalue weighted by atomic mass is 16.4. The predicted octanol–water partition coefficient (Wildman–Crippen LogP) is 2.34. The van der Waals surface area contributed by atoms with E-state index in [-0.39, 0.29) is 5.91 Å². The molecule has 1 aromatic carbocycles. The molecule has 0 fully saturated rings. The maximum absolute atomic E-state index is 12.1. The number of carbonyl (C=O) groups excluding carboxylic acids is 1. The van der Waals surface area contributed by atoms with Crippen LogP contribution in [0.4, 0.5) is 5.69 Å². The summed E-state index contributed by atoms with van der Waals surface area (Å²) >= 11 is 0. The lowest BCUT2D eigenvalue weighted by molar-refractivity contribution is -0.140. The fourth-order valence-corrected chi connectivity index (χ4v) is 1.81. The highest BCUT2D eigenvalue weighted by Gasteiger charge is 2.16. The Bertz CT molecular complexity index is 646.